The Bertz CT molecular complexity index is 668. The van der Waals surface area contributed by atoms with Gasteiger partial charge < -0.3 is 15.0 Å². The van der Waals surface area contributed by atoms with Gasteiger partial charge in [-0.25, -0.2) is 0 Å². The molecule has 4 heteroatoms. The molecule has 0 saturated carbocycles. The molecule has 17 heavy (non-hydrogen) atoms. The fraction of sp³-hybridized carbons (Fsp3) is 0.462. The van der Waals surface area contributed by atoms with Crippen molar-refractivity contribution in [2.45, 2.75) is 12.3 Å². The SMILES string of the molecule is [2H]C([2H])([2H])Oc1ccc2c(c1)NCC2CC(=O)N(C([2H])([2H])[2H])C([2H])([2H])[2H]. The summed E-state index contributed by atoms with van der Waals surface area (Å²) in [5.74, 6) is -1.33. The zero-order chi connectivity index (χ0) is 19.9. The number of rotatable bonds is 3. The zero-order valence-corrected chi connectivity index (χ0v) is 8.99. The van der Waals surface area contributed by atoms with Gasteiger partial charge in [-0.05, 0) is 11.6 Å². The largest absolute Gasteiger partial charge is 0.497 e. The predicted octanol–water partition coefficient (Wildman–Crippen LogP) is 1.68. The van der Waals surface area contributed by atoms with E-state index in [1.54, 1.807) is 6.07 Å². The maximum atomic E-state index is 12.3. The molecule has 0 aromatic heterocycles. The number of fused-ring (bicyclic) bond motifs is 1. The molecule has 1 unspecified atom stereocenters. The van der Waals surface area contributed by atoms with Crippen LogP contribution >= 0.6 is 0 Å². The molecule has 1 aliphatic heterocycles. The van der Waals surface area contributed by atoms with Crippen molar-refractivity contribution >= 4 is 11.6 Å². The third-order valence-electron chi connectivity index (χ3n) is 2.79. The third kappa shape index (κ3) is 2.35. The molecule has 0 spiro atoms. The monoisotopic (exact) mass is 243 g/mol. The van der Waals surface area contributed by atoms with E-state index in [9.17, 15) is 4.79 Å². The maximum absolute atomic E-state index is 12.3. The summed E-state index contributed by atoms with van der Waals surface area (Å²) < 4.78 is 69.9. The average molecular weight is 243 g/mol. The summed E-state index contributed by atoms with van der Waals surface area (Å²) in [5, 5.41) is 2.98. The summed E-state index contributed by atoms with van der Waals surface area (Å²) in [6.07, 6.45) is -0.309. The van der Waals surface area contributed by atoms with Gasteiger partial charge in [0.05, 0.1) is 11.2 Å². The van der Waals surface area contributed by atoms with Crippen molar-refractivity contribution in [1.29, 1.82) is 0 Å². The molecule has 0 aliphatic carbocycles. The van der Waals surface area contributed by atoms with Crippen LogP contribution in [-0.2, 0) is 4.79 Å². The Balaban J connectivity index is 2.18. The Hall–Kier alpha value is -1.71. The Morgan fingerprint density at radius 2 is 2.53 bits per heavy atom. The molecule has 0 radical (unpaired) electrons. The van der Waals surface area contributed by atoms with Gasteiger partial charge in [0.1, 0.15) is 5.75 Å². The Morgan fingerprint density at radius 3 is 3.29 bits per heavy atom. The van der Waals surface area contributed by atoms with Crippen LogP contribution in [0.4, 0.5) is 5.69 Å². The minimum Gasteiger partial charge on any atom is -0.497 e. The first-order valence-electron chi connectivity index (χ1n) is 9.58. The molecule has 1 aromatic carbocycles. The molecule has 0 bridgehead atoms. The molecule has 1 aromatic rings. The van der Waals surface area contributed by atoms with E-state index in [1.807, 2.05) is 0 Å². The molecule has 1 heterocycles. The molecule has 1 aliphatic rings. The van der Waals surface area contributed by atoms with Gasteiger partial charge in [0, 0.05) is 52.8 Å². The standard InChI is InChI=1S/C13H18N2O2/c1-15(2)13(16)6-9-8-14-12-7-10(17-3)4-5-11(9)12/h4-5,7,9,14H,6,8H2,1-3H3/i1D3,2D3,3D3. The average Bonchev–Trinajstić information content (AvgIpc) is 2.75. The Kier molecular flexibility index (Phi) is 1.34. The summed E-state index contributed by atoms with van der Waals surface area (Å²) in [4.78, 5) is 12.3. The number of anilines is 1. The molecule has 0 saturated heterocycles. The van der Waals surface area contributed by atoms with Gasteiger partial charge in [0.2, 0.25) is 5.91 Å². The highest BCUT2D eigenvalue weighted by Crippen LogP contribution is 2.36. The van der Waals surface area contributed by atoms with Crippen molar-refractivity contribution in [3.63, 3.8) is 0 Å². The number of hydrogen-bond acceptors (Lipinski definition) is 3. The van der Waals surface area contributed by atoms with Crippen LogP contribution < -0.4 is 10.1 Å². The molecule has 2 rings (SSSR count). The predicted molar refractivity (Wildman–Crippen MR) is 67.5 cm³/mol. The third-order valence-corrected chi connectivity index (χ3v) is 2.79. The van der Waals surface area contributed by atoms with Gasteiger partial charge in [-0.15, -0.1) is 0 Å². The number of nitrogens with one attached hydrogen (secondary N) is 1. The summed E-state index contributed by atoms with van der Waals surface area (Å²) in [5.41, 5.74) is 1.21. The van der Waals surface area contributed by atoms with E-state index in [-0.39, 0.29) is 23.6 Å². The lowest BCUT2D eigenvalue weighted by Gasteiger charge is -2.14. The van der Waals surface area contributed by atoms with Crippen LogP contribution in [0.1, 0.15) is 30.2 Å². The Labute approximate surface area is 114 Å². The summed E-state index contributed by atoms with van der Waals surface area (Å²) >= 11 is 0. The van der Waals surface area contributed by atoms with Crippen LogP contribution in [0.25, 0.3) is 0 Å². The van der Waals surface area contributed by atoms with Gasteiger partial charge in [0.25, 0.3) is 0 Å². The lowest BCUT2D eigenvalue weighted by atomic mass is 9.97. The van der Waals surface area contributed by atoms with Crippen LogP contribution in [0.5, 0.6) is 5.75 Å². The van der Waals surface area contributed by atoms with Gasteiger partial charge >= 0.3 is 0 Å². The lowest BCUT2D eigenvalue weighted by Crippen LogP contribution is -2.24. The summed E-state index contributed by atoms with van der Waals surface area (Å²) in [6.45, 7) is -5.86. The summed E-state index contributed by atoms with van der Waals surface area (Å²) in [7, 11) is -2.60. The maximum Gasteiger partial charge on any atom is 0.222 e. The van der Waals surface area contributed by atoms with Crippen molar-refractivity contribution in [2.75, 3.05) is 32.9 Å². The fourth-order valence-corrected chi connectivity index (χ4v) is 1.94. The normalized spacial score (nSPS) is 27.3. The number of ether oxygens (including phenoxy) is 1. The molecule has 92 valence electrons. The second kappa shape index (κ2) is 4.65. The number of carbonyl (C=O) groups is 1. The van der Waals surface area contributed by atoms with Gasteiger partial charge in [-0.3, -0.25) is 4.79 Å². The quantitative estimate of drug-likeness (QED) is 0.878. The second-order valence-corrected chi connectivity index (χ2v) is 3.86. The van der Waals surface area contributed by atoms with Crippen molar-refractivity contribution in [1.82, 2.24) is 4.90 Å². The number of hydrogen-bond donors (Lipinski definition) is 1. The van der Waals surface area contributed by atoms with Gasteiger partial charge in [-0.2, -0.15) is 0 Å². The van der Waals surface area contributed by atoms with E-state index in [1.165, 1.54) is 12.1 Å². The number of carbonyl (C=O) groups excluding carboxylic acids is 1. The van der Waals surface area contributed by atoms with Gasteiger partial charge in [-0.1, -0.05) is 6.07 Å². The smallest absolute Gasteiger partial charge is 0.222 e. The minimum atomic E-state index is -3.07. The molecule has 1 atom stereocenters. The number of methoxy groups -OCH3 is 1. The van der Waals surface area contributed by atoms with Crippen LogP contribution in [0.3, 0.4) is 0 Å². The van der Waals surface area contributed by atoms with E-state index >= 15 is 0 Å². The zero-order valence-electron chi connectivity index (χ0n) is 18.0. The van der Waals surface area contributed by atoms with Crippen molar-refractivity contribution in [2.24, 2.45) is 0 Å². The number of nitrogens with zero attached hydrogens (tertiary/aromatic N) is 1. The van der Waals surface area contributed by atoms with Gasteiger partial charge in [0.15, 0.2) is 0 Å². The Morgan fingerprint density at radius 1 is 1.65 bits per heavy atom. The van der Waals surface area contributed by atoms with Crippen molar-refractivity contribution in [3.8, 4) is 5.75 Å². The van der Waals surface area contributed by atoms with E-state index in [0.717, 1.165) is 0 Å². The van der Waals surface area contributed by atoms with Crippen molar-refractivity contribution in [3.05, 3.63) is 23.8 Å². The first-order valence-corrected chi connectivity index (χ1v) is 5.08. The topological polar surface area (TPSA) is 41.6 Å². The van der Waals surface area contributed by atoms with E-state index in [2.05, 4.69) is 5.32 Å². The molecular weight excluding hydrogens is 216 g/mol. The molecule has 4 nitrogen and oxygen atoms in total. The van der Waals surface area contributed by atoms with Crippen LogP contribution in [0, 0.1) is 0 Å². The van der Waals surface area contributed by atoms with Crippen LogP contribution in [0.15, 0.2) is 18.2 Å². The van der Waals surface area contributed by atoms with E-state index in [0.29, 0.717) is 11.3 Å². The number of amides is 1. The molecule has 0 fully saturated rings. The summed E-state index contributed by atoms with van der Waals surface area (Å²) in [6, 6.07) is 4.47. The minimum absolute atomic E-state index is 0.0515. The fourth-order valence-electron chi connectivity index (χ4n) is 1.94. The lowest BCUT2D eigenvalue weighted by molar-refractivity contribution is -0.129. The highest BCUT2D eigenvalue weighted by molar-refractivity contribution is 5.78. The van der Waals surface area contributed by atoms with Crippen LogP contribution in [0.2, 0.25) is 0 Å². The van der Waals surface area contributed by atoms with E-state index < -0.39 is 32.8 Å². The highest BCUT2D eigenvalue weighted by Gasteiger charge is 2.25. The molecule has 1 N–H and O–H groups in total. The first kappa shape index (κ1) is 4.88. The molecule has 1 amide bonds. The highest BCUT2D eigenvalue weighted by atomic mass is 16.5. The van der Waals surface area contributed by atoms with Crippen molar-refractivity contribution < 1.29 is 21.9 Å². The number of benzene rings is 1. The second-order valence-electron chi connectivity index (χ2n) is 3.86. The van der Waals surface area contributed by atoms with E-state index in [4.69, 9.17) is 17.1 Å². The van der Waals surface area contributed by atoms with Crippen LogP contribution in [-0.4, -0.2) is 38.3 Å². The first-order chi connectivity index (χ1) is 11.7. The molecular formula is C13H18N2O2.